The minimum atomic E-state index is -0.193. The van der Waals surface area contributed by atoms with Crippen molar-refractivity contribution in [2.24, 2.45) is 5.92 Å². The fraction of sp³-hybridized carbons (Fsp3) is 0.500. The number of nitrogens with one attached hydrogen (secondary N) is 1. The summed E-state index contributed by atoms with van der Waals surface area (Å²) in [6, 6.07) is 1.71. The van der Waals surface area contributed by atoms with Gasteiger partial charge >= 0.3 is 0 Å². The molecule has 0 saturated heterocycles. The van der Waals surface area contributed by atoms with Crippen LogP contribution in [0.15, 0.2) is 16.8 Å². The van der Waals surface area contributed by atoms with E-state index in [2.05, 4.69) is 29.0 Å². The van der Waals surface area contributed by atoms with Crippen LogP contribution in [0.1, 0.15) is 41.6 Å². The van der Waals surface area contributed by atoms with Crippen LogP contribution in [-0.2, 0) is 13.0 Å². The molecule has 0 aliphatic rings. The molecule has 1 N–H and O–H groups in total. The highest BCUT2D eigenvalue weighted by Crippen LogP contribution is 2.12. The Balaban J connectivity index is 2.01. The number of imidazole rings is 1. The number of amides is 1. The number of rotatable bonds is 5. The molecule has 1 amide bonds. The van der Waals surface area contributed by atoms with Crippen molar-refractivity contribution >= 4 is 5.91 Å². The van der Waals surface area contributed by atoms with E-state index < -0.39 is 0 Å². The van der Waals surface area contributed by atoms with Gasteiger partial charge in [-0.15, -0.1) is 0 Å². The first-order valence-corrected chi connectivity index (χ1v) is 6.67. The van der Waals surface area contributed by atoms with Gasteiger partial charge in [0, 0.05) is 25.0 Å². The van der Waals surface area contributed by atoms with Gasteiger partial charge in [-0.2, -0.15) is 0 Å². The van der Waals surface area contributed by atoms with E-state index in [9.17, 15) is 4.79 Å². The standard InChI is InChI=1S/C14H20N4O2/c1-9(2)5-11-6-12(20-17-11)14(19)18(4)8-13-15-7-10(3)16-13/h6-7,9H,5,8H2,1-4H3,(H,15,16). The first-order chi connectivity index (χ1) is 9.45. The fourth-order valence-electron chi connectivity index (χ4n) is 1.96. The van der Waals surface area contributed by atoms with Gasteiger partial charge in [0.05, 0.1) is 12.2 Å². The number of hydrogen-bond acceptors (Lipinski definition) is 4. The number of aromatic amines is 1. The van der Waals surface area contributed by atoms with E-state index in [1.807, 2.05) is 6.92 Å². The van der Waals surface area contributed by atoms with Gasteiger partial charge in [0.2, 0.25) is 5.76 Å². The van der Waals surface area contributed by atoms with Crippen LogP contribution in [0.4, 0.5) is 0 Å². The minimum Gasteiger partial charge on any atom is -0.351 e. The van der Waals surface area contributed by atoms with Gasteiger partial charge in [-0.25, -0.2) is 4.98 Å². The quantitative estimate of drug-likeness (QED) is 0.908. The summed E-state index contributed by atoms with van der Waals surface area (Å²) < 4.78 is 5.12. The molecule has 0 bridgehead atoms. The number of carbonyl (C=O) groups excluding carboxylic acids is 1. The van der Waals surface area contributed by atoms with Gasteiger partial charge in [-0.1, -0.05) is 19.0 Å². The van der Waals surface area contributed by atoms with E-state index in [-0.39, 0.29) is 11.7 Å². The van der Waals surface area contributed by atoms with Crippen LogP contribution in [0, 0.1) is 12.8 Å². The Morgan fingerprint density at radius 1 is 1.50 bits per heavy atom. The second kappa shape index (κ2) is 5.90. The van der Waals surface area contributed by atoms with Crippen molar-refractivity contribution in [2.75, 3.05) is 7.05 Å². The van der Waals surface area contributed by atoms with E-state index in [4.69, 9.17) is 4.52 Å². The number of nitrogens with zero attached hydrogens (tertiary/aromatic N) is 3. The highest BCUT2D eigenvalue weighted by Gasteiger charge is 2.18. The highest BCUT2D eigenvalue weighted by molar-refractivity contribution is 5.91. The third-order valence-corrected chi connectivity index (χ3v) is 2.88. The Bertz CT molecular complexity index is 586. The van der Waals surface area contributed by atoms with Crippen LogP contribution >= 0.6 is 0 Å². The zero-order valence-corrected chi connectivity index (χ0v) is 12.3. The molecule has 0 atom stereocenters. The molecule has 2 aromatic heterocycles. The smallest absolute Gasteiger partial charge is 0.292 e. The summed E-state index contributed by atoms with van der Waals surface area (Å²) in [6.07, 6.45) is 2.54. The summed E-state index contributed by atoms with van der Waals surface area (Å²) in [5.74, 6) is 1.31. The third kappa shape index (κ3) is 3.46. The molecular formula is C14H20N4O2. The van der Waals surface area contributed by atoms with Gasteiger partial charge < -0.3 is 14.4 Å². The number of hydrogen-bond donors (Lipinski definition) is 1. The summed E-state index contributed by atoms with van der Waals surface area (Å²) in [6.45, 7) is 6.53. The molecular weight excluding hydrogens is 256 g/mol. The van der Waals surface area contributed by atoms with Crippen LogP contribution in [0.3, 0.4) is 0 Å². The molecule has 20 heavy (non-hydrogen) atoms. The minimum absolute atomic E-state index is 0.193. The SMILES string of the molecule is Cc1cnc(CN(C)C(=O)c2cc(CC(C)C)no2)[nH]1. The molecule has 0 aromatic carbocycles. The van der Waals surface area contributed by atoms with Crippen molar-refractivity contribution in [3.05, 3.63) is 35.2 Å². The Labute approximate surface area is 118 Å². The lowest BCUT2D eigenvalue weighted by molar-refractivity contribution is 0.0740. The molecule has 0 spiro atoms. The zero-order chi connectivity index (χ0) is 14.7. The Morgan fingerprint density at radius 2 is 2.25 bits per heavy atom. The normalized spacial score (nSPS) is 11.1. The highest BCUT2D eigenvalue weighted by atomic mass is 16.5. The molecule has 0 aliphatic carbocycles. The van der Waals surface area contributed by atoms with E-state index in [1.165, 1.54) is 0 Å². The van der Waals surface area contributed by atoms with Crippen molar-refractivity contribution in [3.8, 4) is 0 Å². The zero-order valence-electron chi connectivity index (χ0n) is 12.3. The largest absolute Gasteiger partial charge is 0.351 e. The Morgan fingerprint density at radius 3 is 2.85 bits per heavy atom. The molecule has 6 nitrogen and oxygen atoms in total. The van der Waals surface area contributed by atoms with Crippen molar-refractivity contribution in [1.82, 2.24) is 20.0 Å². The molecule has 0 radical (unpaired) electrons. The predicted octanol–water partition coefficient (Wildman–Crippen LogP) is 2.18. The Kier molecular flexibility index (Phi) is 4.22. The summed E-state index contributed by atoms with van der Waals surface area (Å²) >= 11 is 0. The van der Waals surface area contributed by atoms with Gasteiger partial charge in [0.25, 0.3) is 5.91 Å². The molecule has 108 valence electrons. The first kappa shape index (κ1) is 14.3. The maximum atomic E-state index is 12.2. The number of aryl methyl sites for hydroxylation is 1. The second-order valence-electron chi connectivity index (χ2n) is 5.45. The maximum Gasteiger partial charge on any atom is 0.292 e. The molecule has 0 unspecified atom stereocenters. The van der Waals surface area contributed by atoms with Crippen molar-refractivity contribution in [2.45, 2.75) is 33.7 Å². The van der Waals surface area contributed by atoms with E-state index >= 15 is 0 Å². The maximum absolute atomic E-state index is 12.2. The third-order valence-electron chi connectivity index (χ3n) is 2.88. The number of aromatic nitrogens is 3. The molecule has 6 heteroatoms. The van der Waals surface area contributed by atoms with Crippen molar-refractivity contribution in [1.29, 1.82) is 0 Å². The molecule has 2 rings (SSSR count). The van der Waals surface area contributed by atoms with Crippen LogP contribution in [0.2, 0.25) is 0 Å². The lowest BCUT2D eigenvalue weighted by Gasteiger charge is -2.13. The summed E-state index contributed by atoms with van der Waals surface area (Å²) in [7, 11) is 1.71. The average molecular weight is 276 g/mol. The second-order valence-corrected chi connectivity index (χ2v) is 5.45. The number of carbonyl (C=O) groups is 1. The van der Waals surface area contributed by atoms with Crippen LogP contribution in [0.25, 0.3) is 0 Å². The van der Waals surface area contributed by atoms with Gasteiger partial charge in [0.1, 0.15) is 5.82 Å². The van der Waals surface area contributed by atoms with Crippen molar-refractivity contribution < 1.29 is 9.32 Å². The van der Waals surface area contributed by atoms with Crippen molar-refractivity contribution in [3.63, 3.8) is 0 Å². The van der Waals surface area contributed by atoms with Crippen LogP contribution < -0.4 is 0 Å². The van der Waals surface area contributed by atoms with Crippen LogP contribution in [0.5, 0.6) is 0 Å². The van der Waals surface area contributed by atoms with Gasteiger partial charge in [-0.05, 0) is 19.3 Å². The average Bonchev–Trinajstić information content (AvgIpc) is 2.97. The lowest BCUT2D eigenvalue weighted by Crippen LogP contribution is -2.26. The molecule has 2 heterocycles. The fourth-order valence-corrected chi connectivity index (χ4v) is 1.96. The van der Waals surface area contributed by atoms with E-state index in [0.717, 1.165) is 23.6 Å². The summed E-state index contributed by atoms with van der Waals surface area (Å²) in [5.41, 5.74) is 1.78. The van der Waals surface area contributed by atoms with E-state index in [0.29, 0.717) is 12.5 Å². The lowest BCUT2D eigenvalue weighted by atomic mass is 10.1. The van der Waals surface area contributed by atoms with Gasteiger partial charge in [0.15, 0.2) is 0 Å². The topological polar surface area (TPSA) is 75.0 Å². The summed E-state index contributed by atoms with van der Waals surface area (Å²) in [4.78, 5) is 21.0. The number of H-pyrrole nitrogens is 1. The monoisotopic (exact) mass is 276 g/mol. The van der Waals surface area contributed by atoms with E-state index in [1.54, 1.807) is 24.2 Å². The molecule has 0 fully saturated rings. The van der Waals surface area contributed by atoms with Gasteiger partial charge in [-0.3, -0.25) is 4.79 Å². The summed E-state index contributed by atoms with van der Waals surface area (Å²) in [5, 5.41) is 3.93. The predicted molar refractivity (Wildman–Crippen MR) is 74.2 cm³/mol. The molecule has 0 saturated carbocycles. The first-order valence-electron chi connectivity index (χ1n) is 6.67. The Hall–Kier alpha value is -2.11. The molecule has 2 aromatic rings. The molecule has 0 aliphatic heterocycles. The van der Waals surface area contributed by atoms with Crippen LogP contribution in [-0.4, -0.2) is 33.0 Å².